The van der Waals surface area contributed by atoms with Gasteiger partial charge in [0.1, 0.15) is 5.75 Å². The fourth-order valence-corrected chi connectivity index (χ4v) is 2.95. The fourth-order valence-electron chi connectivity index (χ4n) is 2.95. The normalized spacial score (nSPS) is 17.9. The largest absolute Gasteiger partial charge is 0.493 e. The molecule has 124 valence electrons. The number of aryl methyl sites for hydroxylation is 2. The summed E-state index contributed by atoms with van der Waals surface area (Å²) in [6.45, 7) is 10.2. The quantitative estimate of drug-likeness (QED) is 0.909. The van der Waals surface area contributed by atoms with Gasteiger partial charge in [-0.1, -0.05) is 19.0 Å². The van der Waals surface area contributed by atoms with Crippen LogP contribution in [0.2, 0.25) is 0 Å². The first-order valence-electron chi connectivity index (χ1n) is 8.36. The van der Waals surface area contributed by atoms with E-state index in [0.717, 1.165) is 48.4 Å². The third kappa shape index (κ3) is 3.55. The van der Waals surface area contributed by atoms with Crippen molar-refractivity contribution in [1.29, 1.82) is 0 Å². The lowest BCUT2D eigenvalue weighted by atomic mass is 10.1. The molecule has 0 aliphatic carbocycles. The Balaban J connectivity index is 1.83. The number of hydrogen-bond donors (Lipinski definition) is 1. The van der Waals surface area contributed by atoms with Crippen molar-refractivity contribution in [2.24, 2.45) is 5.92 Å². The van der Waals surface area contributed by atoms with E-state index in [1.165, 1.54) is 0 Å². The van der Waals surface area contributed by atoms with E-state index >= 15 is 0 Å². The first kappa shape index (κ1) is 16.0. The van der Waals surface area contributed by atoms with Crippen LogP contribution in [0, 0.1) is 19.8 Å². The fraction of sp³-hybridized carbons (Fsp3) is 0.556. The van der Waals surface area contributed by atoms with E-state index < -0.39 is 0 Å². The highest BCUT2D eigenvalue weighted by Crippen LogP contribution is 2.30. The zero-order valence-electron chi connectivity index (χ0n) is 14.3. The van der Waals surface area contributed by atoms with Crippen LogP contribution in [0.1, 0.15) is 49.7 Å². The van der Waals surface area contributed by atoms with Crippen LogP contribution in [-0.2, 0) is 0 Å². The maximum absolute atomic E-state index is 5.93. The number of nitrogens with zero attached hydrogens (tertiary/aromatic N) is 2. The van der Waals surface area contributed by atoms with E-state index in [1.54, 1.807) is 0 Å². The van der Waals surface area contributed by atoms with Crippen molar-refractivity contribution < 1.29 is 9.26 Å². The van der Waals surface area contributed by atoms with Crippen LogP contribution in [-0.4, -0.2) is 23.3 Å². The van der Waals surface area contributed by atoms with E-state index in [0.29, 0.717) is 17.6 Å². The topological polar surface area (TPSA) is 60.2 Å². The number of ether oxygens (including phenoxy) is 1. The minimum atomic E-state index is 0.201. The van der Waals surface area contributed by atoms with Gasteiger partial charge in [-0.3, -0.25) is 0 Å². The third-order valence-corrected chi connectivity index (χ3v) is 4.08. The van der Waals surface area contributed by atoms with Crippen molar-refractivity contribution in [2.75, 3.05) is 13.2 Å². The van der Waals surface area contributed by atoms with Crippen LogP contribution in [0.4, 0.5) is 0 Å². The lowest BCUT2D eigenvalue weighted by Gasteiger charge is -2.14. The molecule has 0 saturated carbocycles. The smallest absolute Gasteiger partial charge is 0.244 e. The molecule has 0 amide bonds. The molecule has 0 spiro atoms. The van der Waals surface area contributed by atoms with Crippen LogP contribution in [0.15, 0.2) is 16.7 Å². The molecule has 0 radical (unpaired) electrons. The molecular weight excluding hydrogens is 290 g/mol. The van der Waals surface area contributed by atoms with E-state index in [-0.39, 0.29) is 6.04 Å². The Bertz CT molecular complexity index is 650. The Morgan fingerprint density at radius 3 is 2.65 bits per heavy atom. The lowest BCUT2D eigenvalue weighted by Crippen LogP contribution is -2.12. The Kier molecular flexibility index (Phi) is 4.66. The van der Waals surface area contributed by atoms with Crippen molar-refractivity contribution in [3.8, 4) is 17.1 Å². The van der Waals surface area contributed by atoms with E-state index in [4.69, 9.17) is 9.26 Å². The predicted octanol–water partition coefficient (Wildman–Crippen LogP) is 3.81. The molecule has 0 bridgehead atoms. The van der Waals surface area contributed by atoms with Gasteiger partial charge >= 0.3 is 0 Å². The van der Waals surface area contributed by atoms with Crippen LogP contribution < -0.4 is 10.1 Å². The summed E-state index contributed by atoms with van der Waals surface area (Å²) in [7, 11) is 0. The second-order valence-corrected chi connectivity index (χ2v) is 6.75. The predicted molar refractivity (Wildman–Crippen MR) is 89.5 cm³/mol. The highest BCUT2D eigenvalue weighted by atomic mass is 16.5. The van der Waals surface area contributed by atoms with Crippen LogP contribution in [0.25, 0.3) is 11.4 Å². The summed E-state index contributed by atoms with van der Waals surface area (Å²) in [5.74, 6) is 2.80. The van der Waals surface area contributed by atoms with Crippen molar-refractivity contribution in [3.05, 3.63) is 29.2 Å². The highest BCUT2D eigenvalue weighted by molar-refractivity contribution is 5.61. The molecule has 5 heteroatoms. The number of rotatable bonds is 5. The van der Waals surface area contributed by atoms with Gasteiger partial charge in [-0.15, -0.1) is 0 Å². The number of hydrogen-bond acceptors (Lipinski definition) is 5. The third-order valence-electron chi connectivity index (χ3n) is 4.08. The summed E-state index contributed by atoms with van der Waals surface area (Å²) in [5.41, 5.74) is 3.18. The van der Waals surface area contributed by atoms with Crippen LogP contribution in [0.5, 0.6) is 5.75 Å². The molecule has 1 atom stereocenters. The molecule has 1 aromatic carbocycles. The Hall–Kier alpha value is -1.88. The zero-order chi connectivity index (χ0) is 16.4. The van der Waals surface area contributed by atoms with Gasteiger partial charge < -0.3 is 14.6 Å². The molecule has 1 saturated heterocycles. The number of nitrogens with one attached hydrogen (secondary N) is 1. The number of benzene rings is 1. The molecule has 2 heterocycles. The summed E-state index contributed by atoms with van der Waals surface area (Å²) in [4.78, 5) is 4.57. The SMILES string of the molecule is Cc1cc(-c2noc(C3CCCN3)n2)cc(C)c1OCC(C)C. The van der Waals surface area contributed by atoms with Gasteiger partial charge in [0.25, 0.3) is 0 Å². The molecule has 23 heavy (non-hydrogen) atoms. The van der Waals surface area contributed by atoms with Gasteiger partial charge in [-0.25, -0.2) is 0 Å². The molecule has 1 aliphatic heterocycles. The first-order valence-corrected chi connectivity index (χ1v) is 8.36. The van der Waals surface area contributed by atoms with Gasteiger partial charge in [0.2, 0.25) is 11.7 Å². The van der Waals surface area contributed by atoms with Gasteiger partial charge in [-0.2, -0.15) is 4.98 Å². The summed E-state index contributed by atoms with van der Waals surface area (Å²) in [5, 5.41) is 7.53. The molecule has 1 unspecified atom stereocenters. The van der Waals surface area contributed by atoms with E-state index in [9.17, 15) is 0 Å². The maximum Gasteiger partial charge on any atom is 0.244 e. The average molecular weight is 315 g/mol. The molecule has 1 fully saturated rings. The first-order chi connectivity index (χ1) is 11.0. The Morgan fingerprint density at radius 1 is 1.30 bits per heavy atom. The summed E-state index contributed by atoms with van der Waals surface area (Å²) >= 11 is 0. The van der Waals surface area contributed by atoms with Crippen molar-refractivity contribution in [3.63, 3.8) is 0 Å². The summed E-state index contributed by atoms with van der Waals surface area (Å²) in [6.07, 6.45) is 2.21. The Morgan fingerprint density at radius 2 is 2.04 bits per heavy atom. The summed E-state index contributed by atoms with van der Waals surface area (Å²) < 4.78 is 11.4. The zero-order valence-corrected chi connectivity index (χ0v) is 14.3. The number of aromatic nitrogens is 2. The monoisotopic (exact) mass is 315 g/mol. The molecule has 1 aromatic heterocycles. The van der Waals surface area contributed by atoms with Crippen molar-refractivity contribution >= 4 is 0 Å². The summed E-state index contributed by atoms with van der Waals surface area (Å²) in [6, 6.07) is 4.34. The molecule has 3 rings (SSSR count). The Labute approximate surface area is 137 Å². The lowest BCUT2D eigenvalue weighted by molar-refractivity contribution is 0.268. The molecule has 1 aliphatic rings. The van der Waals surface area contributed by atoms with Gasteiger partial charge in [0.15, 0.2) is 0 Å². The van der Waals surface area contributed by atoms with Crippen molar-refractivity contribution in [1.82, 2.24) is 15.5 Å². The minimum absolute atomic E-state index is 0.201. The van der Waals surface area contributed by atoms with Gasteiger partial charge in [-0.05, 0) is 62.4 Å². The average Bonchev–Trinajstić information content (AvgIpc) is 3.17. The van der Waals surface area contributed by atoms with E-state index in [2.05, 4.69) is 55.3 Å². The maximum atomic E-state index is 5.93. The van der Waals surface area contributed by atoms with Crippen molar-refractivity contribution in [2.45, 2.75) is 46.6 Å². The van der Waals surface area contributed by atoms with Crippen LogP contribution in [0.3, 0.4) is 0 Å². The molecule has 1 N–H and O–H groups in total. The standard InChI is InChI=1S/C18H25N3O2/c1-11(2)10-22-16-12(3)8-14(9-13(16)4)17-20-18(23-21-17)15-6-5-7-19-15/h8-9,11,15,19H,5-7,10H2,1-4H3. The van der Waals surface area contributed by atoms with Gasteiger partial charge in [0.05, 0.1) is 12.6 Å². The molecule has 5 nitrogen and oxygen atoms in total. The molecular formula is C18H25N3O2. The van der Waals surface area contributed by atoms with E-state index in [1.807, 2.05) is 0 Å². The van der Waals surface area contributed by atoms with Gasteiger partial charge in [0, 0.05) is 5.56 Å². The second kappa shape index (κ2) is 6.71. The highest BCUT2D eigenvalue weighted by Gasteiger charge is 2.23. The second-order valence-electron chi connectivity index (χ2n) is 6.75. The van der Waals surface area contributed by atoms with Crippen LogP contribution >= 0.6 is 0 Å². The molecule has 2 aromatic rings. The minimum Gasteiger partial charge on any atom is -0.493 e.